The van der Waals surface area contributed by atoms with Gasteiger partial charge in [-0.2, -0.15) is 0 Å². The molecule has 2 aliphatic heterocycles. The van der Waals surface area contributed by atoms with Gasteiger partial charge in [0.15, 0.2) is 0 Å². The Morgan fingerprint density at radius 1 is 1.30 bits per heavy atom. The number of hydrogen-bond acceptors (Lipinski definition) is 3. The Labute approximate surface area is 120 Å². The Morgan fingerprint density at radius 2 is 2.05 bits per heavy atom. The summed E-state index contributed by atoms with van der Waals surface area (Å²) in [5.74, 6) is 1.23. The van der Waals surface area contributed by atoms with E-state index in [4.69, 9.17) is 0 Å². The molecule has 0 saturated carbocycles. The topological polar surface area (TPSA) is 50.2 Å². The summed E-state index contributed by atoms with van der Waals surface area (Å²) in [6.45, 7) is 7.67. The van der Waals surface area contributed by atoms with Gasteiger partial charge in [-0.3, -0.25) is 4.79 Å². The minimum absolute atomic E-state index is 0.123. The number of amides is 1. The average Bonchev–Trinajstić information content (AvgIpc) is 2.82. The zero-order chi connectivity index (χ0) is 14.1. The molecule has 0 spiro atoms. The molecule has 1 unspecified atom stereocenters. The summed E-state index contributed by atoms with van der Waals surface area (Å²) in [5, 5.41) is 3.34. The van der Waals surface area contributed by atoms with Crippen LogP contribution >= 0.6 is 0 Å². The Bertz CT molecular complexity index is 502. The second-order valence-corrected chi connectivity index (χ2v) is 5.91. The van der Waals surface area contributed by atoms with Gasteiger partial charge in [-0.25, -0.2) is 4.98 Å². The van der Waals surface area contributed by atoms with E-state index < -0.39 is 0 Å². The van der Waals surface area contributed by atoms with E-state index in [-0.39, 0.29) is 11.9 Å². The first-order chi connectivity index (χ1) is 9.68. The number of imidazole rings is 1. The van der Waals surface area contributed by atoms with Crippen molar-refractivity contribution >= 4 is 5.91 Å². The summed E-state index contributed by atoms with van der Waals surface area (Å²) >= 11 is 0. The van der Waals surface area contributed by atoms with Gasteiger partial charge >= 0.3 is 0 Å². The number of fused-ring (bicyclic) bond motifs is 1. The first-order valence-corrected chi connectivity index (χ1v) is 7.74. The Kier molecular flexibility index (Phi) is 3.78. The lowest BCUT2D eigenvalue weighted by Gasteiger charge is -2.31. The molecule has 1 atom stereocenters. The summed E-state index contributed by atoms with van der Waals surface area (Å²) in [5.41, 5.74) is 2.37. The Balaban J connectivity index is 1.84. The third-order valence-electron chi connectivity index (χ3n) is 4.51. The SMILES string of the molecule is Cc1nc2c(n1C(C)C(=O)N1CCCCC1)CCNC2. The van der Waals surface area contributed by atoms with Gasteiger partial charge in [0.25, 0.3) is 0 Å². The van der Waals surface area contributed by atoms with Crippen LogP contribution in [0.4, 0.5) is 0 Å². The number of rotatable bonds is 2. The van der Waals surface area contributed by atoms with Gasteiger partial charge in [-0.15, -0.1) is 0 Å². The summed E-state index contributed by atoms with van der Waals surface area (Å²) in [6.07, 6.45) is 4.50. The van der Waals surface area contributed by atoms with Crippen LogP contribution in [-0.4, -0.2) is 40.0 Å². The number of carbonyl (C=O) groups is 1. The molecule has 5 nitrogen and oxygen atoms in total. The van der Waals surface area contributed by atoms with Crippen molar-refractivity contribution in [3.05, 3.63) is 17.2 Å². The number of hydrogen-bond donors (Lipinski definition) is 1. The highest BCUT2D eigenvalue weighted by molar-refractivity contribution is 5.80. The van der Waals surface area contributed by atoms with Crippen molar-refractivity contribution in [2.75, 3.05) is 19.6 Å². The highest BCUT2D eigenvalue weighted by atomic mass is 16.2. The van der Waals surface area contributed by atoms with Gasteiger partial charge in [0.1, 0.15) is 11.9 Å². The Hall–Kier alpha value is -1.36. The van der Waals surface area contributed by atoms with Crippen molar-refractivity contribution < 1.29 is 4.79 Å². The van der Waals surface area contributed by atoms with Crippen molar-refractivity contribution in [3.63, 3.8) is 0 Å². The highest BCUT2D eigenvalue weighted by Crippen LogP contribution is 2.23. The molecule has 110 valence electrons. The summed E-state index contributed by atoms with van der Waals surface area (Å²) in [4.78, 5) is 19.4. The maximum atomic E-state index is 12.7. The molecular formula is C15H24N4O. The molecule has 1 amide bonds. The number of nitrogens with one attached hydrogen (secondary N) is 1. The third kappa shape index (κ3) is 2.35. The van der Waals surface area contributed by atoms with Crippen LogP contribution in [0.25, 0.3) is 0 Å². The van der Waals surface area contributed by atoms with Crippen molar-refractivity contribution in [1.82, 2.24) is 19.8 Å². The zero-order valence-electron chi connectivity index (χ0n) is 12.5. The molecule has 1 saturated heterocycles. The van der Waals surface area contributed by atoms with E-state index in [1.807, 2.05) is 18.7 Å². The lowest BCUT2D eigenvalue weighted by molar-refractivity contribution is -0.135. The molecule has 1 N–H and O–H groups in total. The zero-order valence-corrected chi connectivity index (χ0v) is 12.5. The Morgan fingerprint density at radius 3 is 2.80 bits per heavy atom. The van der Waals surface area contributed by atoms with E-state index in [0.29, 0.717) is 0 Å². The fourth-order valence-electron chi connectivity index (χ4n) is 3.47. The number of aryl methyl sites for hydroxylation is 1. The fourth-order valence-corrected chi connectivity index (χ4v) is 3.47. The minimum Gasteiger partial charge on any atom is -0.341 e. The number of likely N-dealkylation sites (tertiary alicyclic amines) is 1. The number of aromatic nitrogens is 2. The largest absolute Gasteiger partial charge is 0.341 e. The minimum atomic E-state index is -0.123. The predicted octanol–water partition coefficient (Wildman–Crippen LogP) is 1.41. The molecule has 3 heterocycles. The molecule has 1 aromatic rings. The molecule has 1 aromatic heterocycles. The maximum Gasteiger partial charge on any atom is 0.245 e. The van der Waals surface area contributed by atoms with Gasteiger partial charge in [0.05, 0.1) is 5.69 Å². The second kappa shape index (κ2) is 5.56. The van der Waals surface area contributed by atoms with E-state index in [0.717, 1.165) is 57.0 Å². The summed E-state index contributed by atoms with van der Waals surface area (Å²) < 4.78 is 2.16. The monoisotopic (exact) mass is 276 g/mol. The van der Waals surface area contributed by atoms with Crippen LogP contribution in [0.15, 0.2) is 0 Å². The van der Waals surface area contributed by atoms with Crippen LogP contribution in [0.5, 0.6) is 0 Å². The molecule has 1 fully saturated rings. The van der Waals surface area contributed by atoms with Gasteiger partial charge < -0.3 is 14.8 Å². The quantitative estimate of drug-likeness (QED) is 0.888. The summed E-state index contributed by atoms with van der Waals surface area (Å²) in [7, 11) is 0. The van der Waals surface area contributed by atoms with Crippen molar-refractivity contribution in [2.45, 2.75) is 52.1 Å². The molecule has 0 aromatic carbocycles. The average molecular weight is 276 g/mol. The van der Waals surface area contributed by atoms with E-state index in [1.165, 1.54) is 12.1 Å². The number of carbonyl (C=O) groups excluding carboxylic acids is 1. The molecule has 3 rings (SSSR count). The van der Waals surface area contributed by atoms with E-state index in [2.05, 4.69) is 14.9 Å². The van der Waals surface area contributed by atoms with Crippen LogP contribution in [0.1, 0.15) is 49.4 Å². The maximum absolute atomic E-state index is 12.7. The molecule has 2 aliphatic rings. The first kappa shape index (κ1) is 13.6. The lowest BCUT2D eigenvalue weighted by Crippen LogP contribution is -2.40. The molecule has 0 aliphatic carbocycles. The number of piperidine rings is 1. The van der Waals surface area contributed by atoms with E-state index in [1.54, 1.807) is 0 Å². The molecule has 20 heavy (non-hydrogen) atoms. The van der Waals surface area contributed by atoms with E-state index in [9.17, 15) is 4.79 Å². The van der Waals surface area contributed by atoms with Gasteiger partial charge in [0.2, 0.25) is 5.91 Å². The van der Waals surface area contributed by atoms with Gasteiger partial charge in [-0.05, 0) is 33.1 Å². The smallest absolute Gasteiger partial charge is 0.245 e. The predicted molar refractivity (Wildman–Crippen MR) is 77.5 cm³/mol. The third-order valence-corrected chi connectivity index (χ3v) is 4.51. The van der Waals surface area contributed by atoms with Crippen LogP contribution in [0, 0.1) is 6.92 Å². The van der Waals surface area contributed by atoms with Crippen molar-refractivity contribution in [2.24, 2.45) is 0 Å². The summed E-state index contributed by atoms with van der Waals surface area (Å²) in [6, 6.07) is -0.123. The standard InChI is InChI=1S/C15H24N4O/c1-11(15(20)18-8-4-3-5-9-18)19-12(2)17-13-10-16-7-6-14(13)19/h11,16H,3-10H2,1-2H3. The second-order valence-electron chi connectivity index (χ2n) is 5.91. The van der Waals surface area contributed by atoms with Crippen LogP contribution in [0.2, 0.25) is 0 Å². The molecular weight excluding hydrogens is 252 g/mol. The van der Waals surface area contributed by atoms with E-state index >= 15 is 0 Å². The van der Waals surface area contributed by atoms with Gasteiger partial charge in [0, 0.05) is 38.3 Å². The lowest BCUT2D eigenvalue weighted by atomic mass is 10.1. The van der Waals surface area contributed by atoms with Crippen molar-refractivity contribution in [3.8, 4) is 0 Å². The van der Waals surface area contributed by atoms with Crippen LogP contribution < -0.4 is 5.32 Å². The normalized spacial score (nSPS) is 20.6. The fraction of sp³-hybridized carbons (Fsp3) is 0.733. The molecule has 0 bridgehead atoms. The van der Waals surface area contributed by atoms with Crippen LogP contribution in [0.3, 0.4) is 0 Å². The van der Waals surface area contributed by atoms with Crippen LogP contribution in [-0.2, 0) is 17.8 Å². The first-order valence-electron chi connectivity index (χ1n) is 7.74. The molecule has 5 heteroatoms. The number of nitrogens with zero attached hydrogens (tertiary/aromatic N) is 3. The highest BCUT2D eigenvalue weighted by Gasteiger charge is 2.28. The van der Waals surface area contributed by atoms with Crippen molar-refractivity contribution in [1.29, 1.82) is 0 Å². The van der Waals surface area contributed by atoms with Gasteiger partial charge in [-0.1, -0.05) is 0 Å². The molecule has 0 radical (unpaired) electrons.